The van der Waals surface area contributed by atoms with Gasteiger partial charge in [-0.15, -0.1) is 0 Å². The molecule has 2 heterocycles. The topological polar surface area (TPSA) is 26.2 Å². The van der Waals surface area contributed by atoms with Crippen molar-refractivity contribution in [3.05, 3.63) is 30.0 Å². The summed E-state index contributed by atoms with van der Waals surface area (Å²) in [7, 11) is 3.84. The van der Waals surface area contributed by atoms with Crippen LogP contribution < -0.4 is 10.1 Å². The molecular formula is C15H20N2O. The van der Waals surface area contributed by atoms with Gasteiger partial charge in [-0.3, -0.25) is 0 Å². The number of methoxy groups -OCH3 is 1. The third kappa shape index (κ3) is 1.54. The number of nitrogens with zero attached hydrogens (tertiary/aromatic N) is 1. The van der Waals surface area contributed by atoms with Crippen LogP contribution in [-0.2, 0) is 12.6 Å². The van der Waals surface area contributed by atoms with Gasteiger partial charge >= 0.3 is 0 Å². The van der Waals surface area contributed by atoms with Crippen molar-refractivity contribution in [2.45, 2.75) is 25.3 Å². The maximum atomic E-state index is 5.59. The fourth-order valence-corrected chi connectivity index (χ4v) is 3.18. The van der Waals surface area contributed by atoms with E-state index in [4.69, 9.17) is 4.74 Å². The summed E-state index contributed by atoms with van der Waals surface area (Å²) in [6, 6.07) is 6.41. The second kappa shape index (κ2) is 4.02. The molecule has 18 heavy (non-hydrogen) atoms. The lowest BCUT2D eigenvalue weighted by atomic mass is 9.87. The Morgan fingerprint density at radius 1 is 1.33 bits per heavy atom. The number of nitrogens with one attached hydrogen (secondary N) is 1. The molecule has 0 spiro atoms. The first-order valence-electron chi connectivity index (χ1n) is 6.53. The zero-order valence-electron chi connectivity index (χ0n) is 11.3. The summed E-state index contributed by atoms with van der Waals surface area (Å²) in [6.07, 6.45) is 4.51. The van der Waals surface area contributed by atoms with Crippen molar-refractivity contribution in [2.75, 3.05) is 13.7 Å². The average molecular weight is 244 g/mol. The molecule has 1 aliphatic rings. The Morgan fingerprint density at radius 3 is 2.83 bits per heavy atom. The van der Waals surface area contributed by atoms with Crippen LogP contribution in [0.3, 0.4) is 0 Å². The molecule has 2 aromatic rings. The van der Waals surface area contributed by atoms with Gasteiger partial charge in [0.2, 0.25) is 0 Å². The van der Waals surface area contributed by atoms with Crippen LogP contribution in [0.15, 0.2) is 24.4 Å². The molecule has 3 rings (SSSR count). The molecule has 3 nitrogen and oxygen atoms in total. The predicted molar refractivity (Wildman–Crippen MR) is 74.1 cm³/mol. The van der Waals surface area contributed by atoms with Gasteiger partial charge in [0.05, 0.1) is 7.11 Å². The van der Waals surface area contributed by atoms with Gasteiger partial charge in [0.25, 0.3) is 0 Å². The molecule has 3 heteroatoms. The van der Waals surface area contributed by atoms with Gasteiger partial charge in [0.15, 0.2) is 0 Å². The van der Waals surface area contributed by atoms with Crippen LogP contribution in [0.25, 0.3) is 10.9 Å². The van der Waals surface area contributed by atoms with Gasteiger partial charge in [0.1, 0.15) is 5.75 Å². The van der Waals surface area contributed by atoms with Crippen LogP contribution in [0.2, 0.25) is 0 Å². The highest BCUT2D eigenvalue weighted by Crippen LogP contribution is 2.41. The average Bonchev–Trinajstić information content (AvgIpc) is 2.96. The first kappa shape index (κ1) is 11.6. The van der Waals surface area contributed by atoms with Crippen LogP contribution in [0, 0.1) is 0 Å². The smallest absolute Gasteiger partial charge is 0.124 e. The number of benzene rings is 1. The minimum absolute atomic E-state index is 0.0339. The number of hydrogen-bond donors (Lipinski definition) is 1. The molecule has 1 aromatic carbocycles. The highest BCUT2D eigenvalue weighted by molar-refractivity contribution is 5.87. The fraction of sp³-hybridized carbons (Fsp3) is 0.467. The normalized spacial score (nSPS) is 23.7. The molecule has 0 aliphatic carbocycles. The fourth-order valence-electron chi connectivity index (χ4n) is 3.18. The Hall–Kier alpha value is -1.48. The molecule has 1 aromatic heterocycles. The number of hydrogen-bond acceptors (Lipinski definition) is 2. The van der Waals surface area contributed by atoms with E-state index >= 15 is 0 Å². The summed E-state index contributed by atoms with van der Waals surface area (Å²) >= 11 is 0. The van der Waals surface area contributed by atoms with Crippen molar-refractivity contribution < 1.29 is 4.74 Å². The zero-order valence-corrected chi connectivity index (χ0v) is 11.3. The second-order valence-electron chi connectivity index (χ2n) is 5.36. The van der Waals surface area contributed by atoms with Gasteiger partial charge in [-0.1, -0.05) is 0 Å². The van der Waals surface area contributed by atoms with E-state index in [1.165, 1.54) is 22.9 Å². The van der Waals surface area contributed by atoms with Crippen molar-refractivity contribution in [1.29, 1.82) is 0 Å². The molecule has 1 saturated heterocycles. The molecule has 96 valence electrons. The van der Waals surface area contributed by atoms with E-state index in [0.717, 1.165) is 18.7 Å². The maximum absolute atomic E-state index is 5.59. The van der Waals surface area contributed by atoms with E-state index in [0.29, 0.717) is 0 Å². The number of fused-ring (bicyclic) bond motifs is 1. The summed E-state index contributed by atoms with van der Waals surface area (Å²) in [6.45, 7) is 3.37. The van der Waals surface area contributed by atoms with E-state index in [-0.39, 0.29) is 5.54 Å². The molecule has 1 atom stereocenters. The Labute approximate surface area is 108 Å². The Morgan fingerprint density at radius 2 is 2.17 bits per heavy atom. The largest absolute Gasteiger partial charge is 0.496 e. The third-order valence-electron chi connectivity index (χ3n) is 4.17. The molecule has 0 bridgehead atoms. The summed E-state index contributed by atoms with van der Waals surface area (Å²) in [5.74, 6) is 0.991. The molecule has 1 unspecified atom stereocenters. The quantitative estimate of drug-likeness (QED) is 0.879. The summed E-state index contributed by atoms with van der Waals surface area (Å²) in [5.41, 5.74) is 2.60. The Balaban J connectivity index is 2.30. The van der Waals surface area contributed by atoms with Crippen LogP contribution >= 0.6 is 0 Å². The monoisotopic (exact) mass is 244 g/mol. The van der Waals surface area contributed by atoms with E-state index < -0.39 is 0 Å². The van der Waals surface area contributed by atoms with Gasteiger partial charge in [-0.05, 0) is 44.5 Å². The number of aryl methyl sites for hydroxylation is 1. The van der Waals surface area contributed by atoms with Gasteiger partial charge in [0, 0.05) is 35.2 Å². The lowest BCUT2D eigenvalue weighted by molar-refractivity contribution is 0.374. The Bertz CT molecular complexity index is 579. The summed E-state index contributed by atoms with van der Waals surface area (Å²) in [5, 5.41) is 4.94. The van der Waals surface area contributed by atoms with Crippen molar-refractivity contribution in [3.8, 4) is 5.75 Å². The Kier molecular flexibility index (Phi) is 2.59. The first-order chi connectivity index (χ1) is 8.65. The minimum atomic E-state index is 0.0339. The van der Waals surface area contributed by atoms with Gasteiger partial charge in [-0.2, -0.15) is 0 Å². The van der Waals surface area contributed by atoms with Crippen molar-refractivity contribution in [3.63, 3.8) is 0 Å². The SMILES string of the molecule is COc1ccc2c(ccn2C)c1C1(C)CCCN1. The highest BCUT2D eigenvalue weighted by atomic mass is 16.5. The standard InChI is InChI=1S/C15H20N2O/c1-15(8-4-9-16-15)14-11-7-10-17(2)12(11)5-6-13(14)18-3/h5-7,10,16H,4,8-9H2,1-3H3. The van der Waals surface area contributed by atoms with Gasteiger partial charge in [-0.25, -0.2) is 0 Å². The van der Waals surface area contributed by atoms with Crippen LogP contribution in [0.5, 0.6) is 5.75 Å². The number of rotatable bonds is 2. The number of ether oxygens (including phenoxy) is 1. The van der Waals surface area contributed by atoms with Crippen LogP contribution in [0.4, 0.5) is 0 Å². The minimum Gasteiger partial charge on any atom is -0.496 e. The zero-order chi connectivity index (χ0) is 12.8. The molecule has 0 radical (unpaired) electrons. The van der Waals surface area contributed by atoms with E-state index in [2.05, 4.69) is 48.3 Å². The predicted octanol–water partition coefficient (Wildman–Crippen LogP) is 2.79. The van der Waals surface area contributed by atoms with Crippen molar-refractivity contribution >= 4 is 10.9 Å². The van der Waals surface area contributed by atoms with Crippen LogP contribution in [0.1, 0.15) is 25.3 Å². The molecule has 0 saturated carbocycles. The lowest BCUT2D eigenvalue weighted by Gasteiger charge is -2.28. The molecule has 1 fully saturated rings. The summed E-state index contributed by atoms with van der Waals surface area (Å²) in [4.78, 5) is 0. The maximum Gasteiger partial charge on any atom is 0.124 e. The van der Waals surface area contributed by atoms with E-state index in [1.54, 1.807) is 7.11 Å². The molecule has 1 N–H and O–H groups in total. The van der Waals surface area contributed by atoms with Crippen molar-refractivity contribution in [2.24, 2.45) is 7.05 Å². The van der Waals surface area contributed by atoms with E-state index in [9.17, 15) is 0 Å². The van der Waals surface area contributed by atoms with E-state index in [1.807, 2.05) is 0 Å². The number of aromatic nitrogens is 1. The molecule has 1 aliphatic heterocycles. The van der Waals surface area contributed by atoms with Gasteiger partial charge < -0.3 is 14.6 Å². The third-order valence-corrected chi connectivity index (χ3v) is 4.17. The molecular weight excluding hydrogens is 224 g/mol. The van der Waals surface area contributed by atoms with Crippen LogP contribution in [-0.4, -0.2) is 18.2 Å². The summed E-state index contributed by atoms with van der Waals surface area (Å²) < 4.78 is 7.75. The van der Waals surface area contributed by atoms with Crippen molar-refractivity contribution in [1.82, 2.24) is 9.88 Å². The second-order valence-corrected chi connectivity index (χ2v) is 5.36. The molecule has 0 amide bonds. The first-order valence-corrected chi connectivity index (χ1v) is 6.53. The lowest BCUT2D eigenvalue weighted by Crippen LogP contribution is -2.33. The highest BCUT2D eigenvalue weighted by Gasteiger charge is 2.34.